The molecule has 27 rings (SSSR count). The molecule has 0 radical (unpaired) electrons. The average molecular weight is 1810 g/mol. The fourth-order valence-electron chi connectivity index (χ4n) is 21.1. The Morgan fingerprint density at radius 3 is 0.914 bits per heavy atom. The van der Waals surface area contributed by atoms with E-state index in [-0.39, 0.29) is 0 Å². The third kappa shape index (κ3) is 14.7. The highest BCUT2D eigenvalue weighted by molar-refractivity contribution is 7.85. The lowest BCUT2D eigenvalue weighted by Gasteiger charge is -2.21. The molecule has 3 heterocycles. The Morgan fingerprint density at radius 1 is 0.165 bits per heavy atom. The molecule has 0 spiro atoms. The molecule has 3 aromatic heterocycles. The quantitative estimate of drug-likeness (QED) is 0.0653. The Kier molecular flexibility index (Phi) is 21.1. The van der Waals surface area contributed by atoms with E-state index in [1.54, 1.807) is 0 Å². The highest BCUT2D eigenvalue weighted by atomic mass is 31.2. The predicted octanol–water partition coefficient (Wildman–Crippen LogP) is 32.3. The first-order valence-corrected chi connectivity index (χ1v) is 50.6. The summed E-state index contributed by atoms with van der Waals surface area (Å²) in [6.45, 7) is 0. The van der Waals surface area contributed by atoms with E-state index in [0.717, 1.165) is 164 Å². The topological polar surface area (TPSA) is 77.7 Å². The maximum absolute atomic E-state index is 15.3. The number of para-hydroxylation sites is 3. The van der Waals surface area contributed by atoms with E-state index < -0.39 is 14.3 Å². The molecule has 139 heavy (non-hydrogen) atoms. The molecule has 0 saturated heterocycles. The normalized spacial score (nSPS) is 11.8. The summed E-state index contributed by atoms with van der Waals surface area (Å²) in [7, 11) is -6.20. The maximum atomic E-state index is 15.3. The largest absolute Gasteiger partial charge is 0.309 e. The van der Waals surface area contributed by atoms with Crippen LogP contribution >= 0.6 is 14.3 Å². The summed E-state index contributed by atoms with van der Waals surface area (Å²) in [4.78, 5) is 15.8. The number of hydrogen-bond donors (Lipinski definition) is 0. The van der Waals surface area contributed by atoms with Crippen LogP contribution in [0.3, 0.4) is 0 Å². The summed E-state index contributed by atoms with van der Waals surface area (Å²) in [5, 5.41) is 28.5. The smallest absolute Gasteiger partial charge is 0.171 e. The van der Waals surface area contributed by atoms with Crippen molar-refractivity contribution in [3.8, 4) is 72.7 Å². The van der Waals surface area contributed by atoms with Gasteiger partial charge in [0.15, 0.2) is 14.3 Å². The SMILES string of the molecule is O=P(c1ccccc1)(c1ccccc1)c1ccc(-c2c3ccc4ccccc4c3nc3c2ccc2ccccc23)cc1.O=P(c1ccccc1)(c1ccccc1)c1cccc(-c2c3ccc4ccccc4c3nc3c2ccc2ccccc23)c1.c1ccc(-n2c(-c3ccc(-c4ccc5c(-c6ccc7ccccc7c6)c6ccccc6c(-c6ccc7ccccc7c6)c5c4)cc3)nc3ccccc32)cc1. The second kappa shape index (κ2) is 35.1. The van der Waals surface area contributed by atoms with E-state index in [1.807, 2.05) is 133 Å². The van der Waals surface area contributed by atoms with Crippen LogP contribution in [0.4, 0.5) is 0 Å². The molecule has 0 saturated carbocycles. The lowest BCUT2D eigenvalue weighted by Crippen LogP contribution is -2.25. The van der Waals surface area contributed by atoms with Crippen molar-refractivity contribution in [2.75, 3.05) is 0 Å². The number of fused-ring (bicyclic) bond motifs is 17. The Labute approximate surface area is 804 Å². The van der Waals surface area contributed by atoms with Gasteiger partial charge in [-0.25, -0.2) is 15.0 Å². The molecule has 0 unspecified atom stereocenters. The van der Waals surface area contributed by atoms with Gasteiger partial charge in [0, 0.05) is 97.3 Å². The lowest BCUT2D eigenvalue weighted by molar-refractivity contribution is 0.591. The van der Waals surface area contributed by atoms with Crippen LogP contribution in [0.2, 0.25) is 0 Å². The molecule has 27 aromatic rings. The summed E-state index contributed by atoms with van der Waals surface area (Å²) in [6, 6.07) is 182. The molecule has 652 valence electrons. The third-order valence-electron chi connectivity index (χ3n) is 27.8. The molecule has 6 nitrogen and oxygen atoms in total. The Balaban J connectivity index is 0.000000112. The summed E-state index contributed by atoms with van der Waals surface area (Å²) in [5.74, 6) is 0.933. The fourth-order valence-corrected chi connectivity index (χ4v) is 26.5. The summed E-state index contributed by atoms with van der Waals surface area (Å²) in [6.07, 6.45) is 0. The van der Waals surface area contributed by atoms with Crippen molar-refractivity contribution in [3.05, 3.63) is 522 Å². The number of rotatable bonds is 13. The van der Waals surface area contributed by atoms with Gasteiger partial charge in [-0.05, 0) is 158 Å². The van der Waals surface area contributed by atoms with Crippen LogP contribution in [0.5, 0.6) is 0 Å². The highest BCUT2D eigenvalue weighted by Crippen LogP contribution is 2.51. The van der Waals surface area contributed by atoms with Gasteiger partial charge < -0.3 is 9.13 Å². The van der Waals surface area contributed by atoms with Gasteiger partial charge in [0.2, 0.25) is 0 Å². The zero-order valence-corrected chi connectivity index (χ0v) is 77.4. The molecule has 0 fully saturated rings. The molecule has 0 aliphatic heterocycles. The predicted molar refractivity (Wildman–Crippen MR) is 591 cm³/mol. The summed E-state index contributed by atoms with van der Waals surface area (Å²) in [5.41, 5.74) is 19.9. The Bertz CT molecular complexity index is 9360. The van der Waals surface area contributed by atoms with Gasteiger partial charge in [-0.1, -0.05) is 473 Å². The van der Waals surface area contributed by atoms with Crippen LogP contribution in [0.1, 0.15) is 0 Å². The van der Waals surface area contributed by atoms with Crippen LogP contribution in [-0.2, 0) is 9.13 Å². The lowest BCUT2D eigenvalue weighted by atomic mass is 9.84. The van der Waals surface area contributed by atoms with Crippen LogP contribution in [0.25, 0.3) is 214 Å². The number of nitrogens with zero attached hydrogens (tertiary/aromatic N) is 4. The van der Waals surface area contributed by atoms with Gasteiger partial charge >= 0.3 is 0 Å². The molecule has 0 N–H and O–H groups in total. The Morgan fingerprint density at radius 2 is 0.460 bits per heavy atom. The van der Waals surface area contributed by atoms with Crippen molar-refractivity contribution < 1.29 is 9.13 Å². The van der Waals surface area contributed by atoms with E-state index in [4.69, 9.17) is 15.0 Å². The Hall–Kier alpha value is -17.4. The van der Waals surface area contributed by atoms with Crippen molar-refractivity contribution >= 4 is 187 Å². The average Bonchev–Trinajstić information content (AvgIpc) is 1.17. The number of hydrogen-bond acceptors (Lipinski definition) is 5. The molecule has 0 aliphatic carbocycles. The van der Waals surface area contributed by atoms with Crippen LogP contribution in [0.15, 0.2) is 522 Å². The van der Waals surface area contributed by atoms with Gasteiger partial charge in [-0.3, -0.25) is 4.57 Å². The van der Waals surface area contributed by atoms with Crippen molar-refractivity contribution in [1.82, 2.24) is 19.5 Å². The first-order chi connectivity index (χ1) is 68.7. The van der Waals surface area contributed by atoms with E-state index in [1.165, 1.54) is 81.7 Å². The number of imidazole rings is 1. The number of benzene rings is 24. The van der Waals surface area contributed by atoms with Crippen molar-refractivity contribution in [3.63, 3.8) is 0 Å². The van der Waals surface area contributed by atoms with Gasteiger partial charge in [-0.2, -0.15) is 0 Å². The first kappa shape index (κ1) is 83.5. The number of aromatic nitrogens is 4. The fraction of sp³-hybridized carbons (Fsp3) is 0. The van der Waals surface area contributed by atoms with Gasteiger partial charge in [0.1, 0.15) is 5.82 Å². The van der Waals surface area contributed by atoms with E-state index >= 15 is 4.57 Å². The van der Waals surface area contributed by atoms with Crippen LogP contribution in [-0.4, -0.2) is 19.5 Å². The van der Waals surface area contributed by atoms with Crippen molar-refractivity contribution in [2.45, 2.75) is 0 Å². The molecule has 0 amide bonds. The third-order valence-corrected chi connectivity index (χ3v) is 33.9. The molecule has 8 heteroatoms. The molecular formula is C131H86N4O2P2. The molecule has 0 bridgehead atoms. The standard InChI is InChI=1S/C53H34N2.2C39H26NOP/c1-2-16-44(17-3-1)55-50-21-11-10-20-49(50)54-53(55)38-26-22-37(23-27-38)41-30-31-47-48(34-41)52(43-29-25-36-13-5-7-15-40(36)33-43)46-19-9-8-18-45(46)51(47)42-28-24-35-12-4-6-14-39(35)32-42;41-42(30-15-3-1-4-16-30,31-17-5-2-6-18-31)32-19-11-14-29(26-32)37-35-24-22-27-12-7-9-20-33(27)38(35)40-39-34-21-10-8-13-28(34)23-25-36(37)39;41-42(30-13-3-1-4-14-30,31-15-5-2-6-16-31)32-23-19-29(20-24-32)37-35-25-21-27-11-7-9-17-33(27)38(35)40-39-34-18-10-8-12-28(34)22-26-36(37)39/h1-34H;2*1-26H. The monoisotopic (exact) mass is 1810 g/mol. The van der Waals surface area contributed by atoms with E-state index in [9.17, 15) is 4.57 Å². The molecule has 0 aliphatic rings. The minimum atomic E-state index is -3.14. The zero-order valence-electron chi connectivity index (χ0n) is 75.7. The van der Waals surface area contributed by atoms with Gasteiger partial charge in [0.25, 0.3) is 0 Å². The molecular weight excluding hydrogens is 1720 g/mol. The van der Waals surface area contributed by atoms with Crippen molar-refractivity contribution in [1.29, 1.82) is 0 Å². The minimum absolute atomic E-state index is 0.817. The zero-order chi connectivity index (χ0) is 92.5. The second-order valence-electron chi connectivity index (χ2n) is 35.7. The number of pyridine rings is 2. The maximum Gasteiger partial charge on any atom is 0.171 e. The molecule has 24 aromatic carbocycles. The summed E-state index contributed by atoms with van der Waals surface area (Å²) >= 11 is 0. The highest BCUT2D eigenvalue weighted by Gasteiger charge is 2.33. The van der Waals surface area contributed by atoms with E-state index in [2.05, 4.69) is 393 Å². The second-order valence-corrected chi connectivity index (χ2v) is 41.3. The van der Waals surface area contributed by atoms with Gasteiger partial charge in [-0.15, -0.1) is 0 Å². The van der Waals surface area contributed by atoms with Crippen molar-refractivity contribution in [2.24, 2.45) is 0 Å². The summed E-state index contributed by atoms with van der Waals surface area (Å²) < 4.78 is 32.5. The van der Waals surface area contributed by atoms with Gasteiger partial charge in [0.05, 0.1) is 33.1 Å². The minimum Gasteiger partial charge on any atom is -0.309 e. The first-order valence-electron chi connectivity index (χ1n) is 47.2. The van der Waals surface area contributed by atoms with Crippen LogP contribution in [0, 0.1) is 0 Å². The van der Waals surface area contributed by atoms with Crippen LogP contribution < -0.4 is 31.8 Å². The molecule has 0 atom stereocenters. The van der Waals surface area contributed by atoms with E-state index in [0.29, 0.717) is 0 Å².